The molecule has 0 unspecified atom stereocenters. The highest BCUT2D eigenvalue weighted by Crippen LogP contribution is 2.20. The molecule has 0 aromatic heterocycles. The minimum absolute atomic E-state index is 0.0135. The van der Waals surface area contributed by atoms with Gasteiger partial charge in [0, 0.05) is 18.8 Å². The van der Waals surface area contributed by atoms with Gasteiger partial charge in [-0.2, -0.15) is 4.31 Å². The van der Waals surface area contributed by atoms with Crippen LogP contribution >= 0.6 is 0 Å². The molecular weight excluding hydrogens is 371 g/mol. The second kappa shape index (κ2) is 8.96. The summed E-state index contributed by atoms with van der Waals surface area (Å²) in [5, 5.41) is 2.67. The van der Waals surface area contributed by atoms with E-state index in [1.807, 2.05) is 0 Å². The Morgan fingerprint density at radius 2 is 1.74 bits per heavy atom. The van der Waals surface area contributed by atoms with E-state index < -0.39 is 15.8 Å². The Bertz CT molecular complexity index is 894. The predicted molar refractivity (Wildman–Crippen MR) is 102 cm³/mol. The molecule has 0 saturated heterocycles. The Labute approximate surface area is 159 Å². The Kier molecular flexibility index (Phi) is 6.92. The summed E-state index contributed by atoms with van der Waals surface area (Å²) in [5.74, 6) is -0.753. The SMILES string of the molecule is CCN(CC)S(=O)(=O)c1ccc(NC(=O)Cc2ccc(OC)c(F)c2)cc1. The Morgan fingerprint density at radius 1 is 1.11 bits per heavy atom. The molecule has 2 aromatic rings. The van der Waals surface area contributed by atoms with Gasteiger partial charge in [-0.25, -0.2) is 12.8 Å². The normalized spacial score (nSPS) is 11.4. The van der Waals surface area contributed by atoms with Crippen LogP contribution < -0.4 is 10.1 Å². The molecule has 2 rings (SSSR count). The molecule has 146 valence electrons. The molecule has 1 amide bonds. The minimum atomic E-state index is -3.54. The molecule has 0 spiro atoms. The minimum Gasteiger partial charge on any atom is -0.494 e. The Morgan fingerprint density at radius 3 is 2.26 bits per heavy atom. The van der Waals surface area contributed by atoms with Crippen molar-refractivity contribution in [3.05, 3.63) is 53.8 Å². The van der Waals surface area contributed by atoms with Crippen LogP contribution in [0.5, 0.6) is 5.75 Å². The summed E-state index contributed by atoms with van der Waals surface area (Å²) in [6, 6.07) is 10.3. The van der Waals surface area contributed by atoms with E-state index >= 15 is 0 Å². The largest absolute Gasteiger partial charge is 0.494 e. The lowest BCUT2D eigenvalue weighted by atomic mass is 10.1. The highest BCUT2D eigenvalue weighted by Gasteiger charge is 2.21. The van der Waals surface area contributed by atoms with Gasteiger partial charge in [0.25, 0.3) is 0 Å². The average Bonchev–Trinajstić information content (AvgIpc) is 2.63. The number of hydrogen-bond acceptors (Lipinski definition) is 4. The number of amides is 1. The zero-order chi connectivity index (χ0) is 20.0. The van der Waals surface area contributed by atoms with Crippen molar-refractivity contribution in [2.45, 2.75) is 25.2 Å². The van der Waals surface area contributed by atoms with Crippen LogP contribution in [0, 0.1) is 5.82 Å². The fourth-order valence-electron chi connectivity index (χ4n) is 2.63. The second-order valence-corrected chi connectivity index (χ2v) is 7.75. The lowest BCUT2D eigenvalue weighted by molar-refractivity contribution is -0.115. The van der Waals surface area contributed by atoms with Gasteiger partial charge in [0.1, 0.15) is 0 Å². The maximum Gasteiger partial charge on any atom is 0.243 e. The van der Waals surface area contributed by atoms with Gasteiger partial charge in [-0.1, -0.05) is 19.9 Å². The maximum atomic E-state index is 13.7. The highest BCUT2D eigenvalue weighted by molar-refractivity contribution is 7.89. The smallest absolute Gasteiger partial charge is 0.243 e. The van der Waals surface area contributed by atoms with E-state index in [1.165, 1.54) is 47.8 Å². The number of sulfonamides is 1. The summed E-state index contributed by atoms with van der Waals surface area (Å²) in [7, 11) is -2.17. The van der Waals surface area contributed by atoms with Gasteiger partial charge in [-0.05, 0) is 42.0 Å². The van der Waals surface area contributed by atoms with Crippen LogP contribution in [-0.4, -0.2) is 38.8 Å². The standard InChI is InChI=1S/C19H23FN2O4S/c1-4-22(5-2)27(24,25)16-9-7-15(8-10-16)21-19(23)13-14-6-11-18(26-3)17(20)12-14/h6-12H,4-5,13H2,1-3H3,(H,21,23). The van der Waals surface area contributed by atoms with Gasteiger partial charge in [-0.15, -0.1) is 0 Å². The van der Waals surface area contributed by atoms with Crippen molar-refractivity contribution >= 4 is 21.6 Å². The van der Waals surface area contributed by atoms with Crippen molar-refractivity contribution < 1.29 is 22.3 Å². The molecule has 0 fully saturated rings. The van der Waals surface area contributed by atoms with Crippen LogP contribution in [0.1, 0.15) is 19.4 Å². The number of nitrogens with one attached hydrogen (secondary N) is 1. The fraction of sp³-hybridized carbons (Fsp3) is 0.316. The van der Waals surface area contributed by atoms with Crippen molar-refractivity contribution in [1.29, 1.82) is 0 Å². The third-order valence-corrected chi connectivity index (χ3v) is 6.13. The van der Waals surface area contributed by atoms with Gasteiger partial charge < -0.3 is 10.1 Å². The summed E-state index contributed by atoms with van der Waals surface area (Å²) in [6.07, 6.45) is -0.0135. The average molecular weight is 394 g/mol. The topological polar surface area (TPSA) is 75.7 Å². The maximum absolute atomic E-state index is 13.7. The van der Waals surface area contributed by atoms with Gasteiger partial charge in [-0.3, -0.25) is 4.79 Å². The number of nitrogens with zero attached hydrogens (tertiary/aromatic N) is 1. The summed E-state index contributed by atoms with van der Waals surface area (Å²) in [5.41, 5.74) is 0.971. The molecule has 0 aliphatic rings. The number of anilines is 1. The second-order valence-electron chi connectivity index (χ2n) is 5.81. The molecule has 0 aliphatic heterocycles. The number of hydrogen-bond donors (Lipinski definition) is 1. The molecule has 1 N–H and O–H groups in total. The summed E-state index contributed by atoms with van der Waals surface area (Å²) in [4.78, 5) is 12.3. The first-order valence-corrected chi connectivity index (χ1v) is 9.98. The van der Waals surface area contributed by atoms with Crippen molar-refractivity contribution in [3.8, 4) is 5.75 Å². The van der Waals surface area contributed by atoms with Crippen LogP contribution in [-0.2, 0) is 21.2 Å². The van der Waals surface area contributed by atoms with Crippen LogP contribution in [0.3, 0.4) is 0 Å². The number of benzene rings is 2. The number of methoxy groups -OCH3 is 1. The van der Waals surface area contributed by atoms with Gasteiger partial charge in [0.15, 0.2) is 11.6 Å². The molecule has 0 heterocycles. The Balaban J connectivity index is 2.06. The third kappa shape index (κ3) is 5.05. The van der Waals surface area contributed by atoms with Crippen LogP contribution in [0.2, 0.25) is 0 Å². The van der Waals surface area contributed by atoms with Crippen molar-refractivity contribution in [2.75, 3.05) is 25.5 Å². The molecule has 6 nitrogen and oxygen atoms in total. The quantitative estimate of drug-likeness (QED) is 0.747. The molecular formula is C19H23FN2O4S. The van der Waals surface area contributed by atoms with Crippen molar-refractivity contribution in [1.82, 2.24) is 4.31 Å². The molecule has 0 saturated carbocycles. The van der Waals surface area contributed by atoms with Crippen LogP contribution in [0.25, 0.3) is 0 Å². The third-order valence-electron chi connectivity index (χ3n) is 4.06. The summed E-state index contributed by atoms with van der Waals surface area (Å²) in [6.45, 7) is 4.32. The van der Waals surface area contributed by atoms with E-state index in [-0.39, 0.29) is 23.0 Å². The predicted octanol–water partition coefficient (Wildman–Crippen LogP) is 3.05. The van der Waals surface area contributed by atoms with E-state index in [0.29, 0.717) is 24.3 Å². The van der Waals surface area contributed by atoms with Crippen molar-refractivity contribution in [3.63, 3.8) is 0 Å². The number of halogens is 1. The monoisotopic (exact) mass is 394 g/mol. The molecule has 27 heavy (non-hydrogen) atoms. The van der Waals surface area contributed by atoms with Crippen LogP contribution in [0.15, 0.2) is 47.4 Å². The number of carbonyl (C=O) groups is 1. The lowest BCUT2D eigenvalue weighted by Gasteiger charge is -2.18. The summed E-state index contributed by atoms with van der Waals surface area (Å²) >= 11 is 0. The fourth-order valence-corrected chi connectivity index (χ4v) is 4.09. The summed E-state index contributed by atoms with van der Waals surface area (Å²) < 4.78 is 44.8. The van der Waals surface area contributed by atoms with E-state index in [1.54, 1.807) is 19.9 Å². The first-order valence-electron chi connectivity index (χ1n) is 8.54. The van der Waals surface area contributed by atoms with E-state index in [9.17, 15) is 17.6 Å². The molecule has 0 aliphatic carbocycles. The molecule has 0 bridgehead atoms. The van der Waals surface area contributed by atoms with E-state index in [0.717, 1.165) is 0 Å². The van der Waals surface area contributed by atoms with Crippen LogP contribution in [0.4, 0.5) is 10.1 Å². The molecule has 2 aromatic carbocycles. The number of rotatable bonds is 8. The zero-order valence-corrected chi connectivity index (χ0v) is 16.3. The van der Waals surface area contributed by atoms with E-state index in [4.69, 9.17) is 4.74 Å². The Hall–Kier alpha value is -2.45. The number of carbonyl (C=O) groups excluding carboxylic acids is 1. The first-order chi connectivity index (χ1) is 12.8. The lowest BCUT2D eigenvalue weighted by Crippen LogP contribution is -2.30. The highest BCUT2D eigenvalue weighted by atomic mass is 32.2. The van der Waals surface area contributed by atoms with E-state index in [2.05, 4.69) is 5.32 Å². The molecule has 0 radical (unpaired) electrons. The van der Waals surface area contributed by atoms with Gasteiger partial charge in [0.05, 0.1) is 18.4 Å². The number of ether oxygens (including phenoxy) is 1. The zero-order valence-electron chi connectivity index (χ0n) is 15.5. The van der Waals surface area contributed by atoms with Gasteiger partial charge >= 0.3 is 0 Å². The van der Waals surface area contributed by atoms with Gasteiger partial charge in [0.2, 0.25) is 15.9 Å². The van der Waals surface area contributed by atoms with Crippen molar-refractivity contribution in [2.24, 2.45) is 0 Å². The molecule has 8 heteroatoms. The molecule has 0 atom stereocenters. The first kappa shape index (κ1) is 20.9.